The highest BCUT2D eigenvalue weighted by molar-refractivity contribution is 7.89. The number of nitrogens with one attached hydrogen (secondary N) is 4. The van der Waals surface area contributed by atoms with Crippen molar-refractivity contribution in [2.45, 2.75) is 44.7 Å². The van der Waals surface area contributed by atoms with E-state index in [9.17, 15) is 23.1 Å². The molecule has 1 unspecified atom stereocenters. The minimum Gasteiger partial charge on any atom is -0.478 e. The fraction of sp³-hybridized carbons (Fsp3) is 0.750. The van der Waals surface area contributed by atoms with Gasteiger partial charge in [-0.05, 0) is 25.7 Å². The van der Waals surface area contributed by atoms with Crippen LogP contribution in [0.5, 0.6) is 0 Å². The highest BCUT2D eigenvalue weighted by atomic mass is 32.2. The van der Waals surface area contributed by atoms with Crippen molar-refractivity contribution in [2.75, 3.05) is 32.0 Å². The van der Waals surface area contributed by atoms with E-state index in [1.54, 1.807) is 6.92 Å². The number of oxime groups is 1. The third-order valence-electron chi connectivity index (χ3n) is 4.31. The maximum Gasteiger partial charge on any atom is 0.345 e. The lowest BCUT2D eigenvalue weighted by molar-refractivity contribution is -0.148. The monoisotopic (exact) mass is 432 g/mol. The van der Waals surface area contributed by atoms with Crippen molar-refractivity contribution in [1.29, 1.82) is 0 Å². The van der Waals surface area contributed by atoms with Crippen molar-refractivity contribution in [1.82, 2.24) is 20.7 Å². The zero-order valence-corrected chi connectivity index (χ0v) is 17.2. The summed E-state index contributed by atoms with van der Waals surface area (Å²) in [5.41, 5.74) is -2.14. The second kappa shape index (κ2) is 10.4. The van der Waals surface area contributed by atoms with Crippen molar-refractivity contribution in [2.24, 2.45) is 10.1 Å². The number of guanidine groups is 1. The number of sulfonamides is 1. The molecular formula is C16H28N6O6S. The van der Waals surface area contributed by atoms with Gasteiger partial charge < -0.3 is 25.9 Å². The SMILES string of the molecule is CCCS(=O)(=O)NC(CCCCNC1=NCCN1)(NC(=O)C1=NOCC1)C(=O)O. The Balaban J connectivity index is 2.06. The molecule has 2 aliphatic heterocycles. The smallest absolute Gasteiger partial charge is 0.345 e. The van der Waals surface area contributed by atoms with Gasteiger partial charge in [-0.3, -0.25) is 9.79 Å². The van der Waals surface area contributed by atoms with Gasteiger partial charge in [-0.25, -0.2) is 13.2 Å². The van der Waals surface area contributed by atoms with E-state index in [2.05, 4.69) is 30.8 Å². The van der Waals surface area contributed by atoms with E-state index in [-0.39, 0.29) is 30.9 Å². The first-order valence-corrected chi connectivity index (χ1v) is 11.2. The first-order chi connectivity index (χ1) is 13.8. The highest BCUT2D eigenvalue weighted by Gasteiger charge is 2.44. The van der Waals surface area contributed by atoms with E-state index in [0.717, 1.165) is 6.54 Å². The zero-order chi connectivity index (χ0) is 21.3. The van der Waals surface area contributed by atoms with Gasteiger partial charge in [0, 0.05) is 19.5 Å². The van der Waals surface area contributed by atoms with Crippen LogP contribution in [0, 0.1) is 0 Å². The van der Waals surface area contributed by atoms with E-state index in [1.807, 2.05) is 0 Å². The predicted octanol–water partition coefficient (Wildman–Crippen LogP) is -1.29. The molecule has 0 spiro atoms. The van der Waals surface area contributed by atoms with Crippen molar-refractivity contribution < 1.29 is 28.0 Å². The summed E-state index contributed by atoms with van der Waals surface area (Å²) in [7, 11) is -3.92. The first kappa shape index (κ1) is 22.9. The Labute approximate surface area is 169 Å². The van der Waals surface area contributed by atoms with Crippen LogP contribution >= 0.6 is 0 Å². The van der Waals surface area contributed by atoms with Crippen LogP contribution in [-0.4, -0.2) is 74.7 Å². The molecular weight excluding hydrogens is 404 g/mol. The van der Waals surface area contributed by atoms with Crippen LogP contribution in [0.4, 0.5) is 0 Å². The number of unbranched alkanes of at least 4 members (excludes halogenated alkanes) is 1. The average molecular weight is 433 g/mol. The average Bonchev–Trinajstić information content (AvgIpc) is 3.34. The molecule has 0 saturated carbocycles. The van der Waals surface area contributed by atoms with Gasteiger partial charge in [0.25, 0.3) is 5.91 Å². The minimum atomic E-state index is -3.92. The van der Waals surface area contributed by atoms with Crippen LogP contribution in [-0.2, 0) is 24.4 Å². The Bertz CT molecular complexity index is 768. The first-order valence-electron chi connectivity index (χ1n) is 9.56. The van der Waals surface area contributed by atoms with Gasteiger partial charge in [0.1, 0.15) is 12.3 Å². The standard InChI is InChI=1S/C16H28N6O6S/c1-2-11-29(26,27)22-16(14(24)25,20-13(23)12-5-10-28-21-12)6-3-4-7-17-15-18-8-9-19-15/h22H,2-11H2,1H3,(H,20,23)(H,24,25)(H2,17,18,19). The maximum absolute atomic E-state index is 12.4. The van der Waals surface area contributed by atoms with Gasteiger partial charge in [-0.15, -0.1) is 0 Å². The Hall–Kier alpha value is -2.41. The van der Waals surface area contributed by atoms with Crippen LogP contribution < -0.4 is 20.7 Å². The van der Waals surface area contributed by atoms with E-state index < -0.39 is 27.6 Å². The number of aliphatic carboxylic acids is 1. The fourth-order valence-electron chi connectivity index (χ4n) is 2.90. The lowest BCUT2D eigenvalue weighted by Crippen LogP contribution is -2.66. The van der Waals surface area contributed by atoms with Gasteiger partial charge in [0.05, 0.1) is 12.3 Å². The summed E-state index contributed by atoms with van der Waals surface area (Å²) in [6.07, 6.45) is 1.28. The summed E-state index contributed by atoms with van der Waals surface area (Å²) in [5.74, 6) is -1.83. The van der Waals surface area contributed by atoms with Gasteiger partial charge in [0.15, 0.2) is 5.96 Å². The molecule has 2 heterocycles. The van der Waals surface area contributed by atoms with Gasteiger partial charge in [0.2, 0.25) is 15.7 Å². The molecule has 29 heavy (non-hydrogen) atoms. The van der Waals surface area contributed by atoms with E-state index in [0.29, 0.717) is 38.3 Å². The van der Waals surface area contributed by atoms with Crippen molar-refractivity contribution in [3.8, 4) is 0 Å². The number of carbonyl (C=O) groups is 2. The normalized spacial score (nSPS) is 18.1. The Morgan fingerprint density at radius 3 is 2.72 bits per heavy atom. The molecule has 0 saturated heterocycles. The highest BCUT2D eigenvalue weighted by Crippen LogP contribution is 2.16. The molecule has 0 radical (unpaired) electrons. The molecule has 0 aromatic rings. The van der Waals surface area contributed by atoms with Crippen molar-refractivity contribution in [3.63, 3.8) is 0 Å². The summed E-state index contributed by atoms with van der Waals surface area (Å²) < 4.78 is 26.8. The summed E-state index contributed by atoms with van der Waals surface area (Å²) in [4.78, 5) is 33.4. The quantitative estimate of drug-likeness (QED) is 0.187. The maximum atomic E-state index is 12.4. The number of hydrogen-bond acceptors (Lipinski definition) is 9. The Kier molecular flexibility index (Phi) is 8.20. The number of carbonyl (C=O) groups excluding carboxylic acids is 1. The minimum absolute atomic E-state index is 0.0253. The summed E-state index contributed by atoms with van der Waals surface area (Å²) >= 11 is 0. The van der Waals surface area contributed by atoms with E-state index in [4.69, 9.17) is 4.84 Å². The number of nitrogens with zero attached hydrogens (tertiary/aromatic N) is 2. The molecule has 13 heteroatoms. The number of carboxylic acids is 1. The largest absolute Gasteiger partial charge is 0.478 e. The van der Waals surface area contributed by atoms with Crippen LogP contribution in [0.2, 0.25) is 0 Å². The molecule has 0 aromatic heterocycles. The second-order valence-electron chi connectivity index (χ2n) is 6.75. The molecule has 0 aliphatic carbocycles. The van der Waals surface area contributed by atoms with Crippen molar-refractivity contribution in [3.05, 3.63) is 0 Å². The molecule has 1 amide bonds. The van der Waals surface area contributed by atoms with Crippen LogP contribution in [0.1, 0.15) is 39.0 Å². The fourth-order valence-corrected chi connectivity index (χ4v) is 4.31. The van der Waals surface area contributed by atoms with Crippen LogP contribution in [0.15, 0.2) is 10.1 Å². The topological polar surface area (TPSA) is 171 Å². The summed E-state index contributed by atoms with van der Waals surface area (Å²) in [5, 5.41) is 21.8. The lowest BCUT2D eigenvalue weighted by Gasteiger charge is -2.31. The number of carboxylic acid groups (broad SMARTS) is 1. The van der Waals surface area contributed by atoms with Crippen LogP contribution in [0.3, 0.4) is 0 Å². The third-order valence-corrected chi connectivity index (χ3v) is 5.91. The second-order valence-corrected chi connectivity index (χ2v) is 8.59. The number of hydrogen-bond donors (Lipinski definition) is 5. The molecule has 1 atom stereocenters. The Morgan fingerprint density at radius 2 is 2.14 bits per heavy atom. The van der Waals surface area contributed by atoms with Gasteiger partial charge >= 0.3 is 5.97 Å². The molecule has 2 rings (SSSR count). The van der Waals surface area contributed by atoms with Gasteiger partial charge in [-0.1, -0.05) is 12.1 Å². The number of aliphatic imine (C=N–C) groups is 1. The number of amides is 1. The Morgan fingerprint density at radius 1 is 1.34 bits per heavy atom. The molecule has 0 aromatic carbocycles. The predicted molar refractivity (Wildman–Crippen MR) is 106 cm³/mol. The van der Waals surface area contributed by atoms with Crippen LogP contribution in [0.25, 0.3) is 0 Å². The number of rotatable bonds is 12. The van der Waals surface area contributed by atoms with E-state index >= 15 is 0 Å². The van der Waals surface area contributed by atoms with Gasteiger partial charge in [-0.2, -0.15) is 4.72 Å². The molecule has 12 nitrogen and oxygen atoms in total. The lowest BCUT2D eigenvalue weighted by atomic mass is 10.0. The van der Waals surface area contributed by atoms with Crippen molar-refractivity contribution >= 4 is 33.6 Å². The zero-order valence-electron chi connectivity index (χ0n) is 16.4. The third kappa shape index (κ3) is 6.85. The van der Waals surface area contributed by atoms with E-state index in [1.165, 1.54) is 0 Å². The molecule has 2 aliphatic rings. The summed E-state index contributed by atoms with van der Waals surface area (Å²) in [6, 6.07) is 0. The molecule has 164 valence electrons. The molecule has 0 fully saturated rings. The molecule has 5 N–H and O–H groups in total. The molecule has 0 bridgehead atoms. The summed E-state index contributed by atoms with van der Waals surface area (Å²) in [6.45, 7) is 3.87.